The summed E-state index contributed by atoms with van der Waals surface area (Å²) in [5.74, 6) is 0.858. The monoisotopic (exact) mass is 183 g/mol. The van der Waals surface area contributed by atoms with Crippen LogP contribution in [-0.2, 0) is 4.74 Å². The van der Waals surface area contributed by atoms with E-state index in [1.54, 1.807) is 0 Å². The van der Waals surface area contributed by atoms with Gasteiger partial charge in [-0.3, -0.25) is 0 Å². The second kappa shape index (κ2) is 6.17. The lowest BCUT2D eigenvalue weighted by molar-refractivity contribution is 0.144. The molecule has 13 heavy (non-hydrogen) atoms. The van der Waals surface area contributed by atoms with Crippen molar-refractivity contribution < 1.29 is 4.74 Å². The van der Waals surface area contributed by atoms with Gasteiger partial charge >= 0.3 is 0 Å². The SMILES string of the molecule is C=C(CNCCC)COCC1CC1. The second-order valence-electron chi connectivity index (χ2n) is 3.89. The van der Waals surface area contributed by atoms with Crippen molar-refractivity contribution in [2.45, 2.75) is 26.2 Å². The average molecular weight is 183 g/mol. The van der Waals surface area contributed by atoms with E-state index < -0.39 is 0 Å². The molecule has 1 saturated carbocycles. The fourth-order valence-corrected chi connectivity index (χ4v) is 1.15. The van der Waals surface area contributed by atoms with Gasteiger partial charge < -0.3 is 10.1 Å². The topological polar surface area (TPSA) is 21.3 Å². The first-order valence-corrected chi connectivity index (χ1v) is 5.28. The lowest BCUT2D eigenvalue weighted by Crippen LogP contribution is -2.19. The highest BCUT2D eigenvalue weighted by atomic mass is 16.5. The van der Waals surface area contributed by atoms with Crippen molar-refractivity contribution in [3.05, 3.63) is 12.2 Å². The van der Waals surface area contributed by atoms with Crippen molar-refractivity contribution in [2.75, 3.05) is 26.3 Å². The average Bonchev–Trinajstić information content (AvgIpc) is 2.89. The van der Waals surface area contributed by atoms with E-state index in [1.807, 2.05) is 0 Å². The highest BCUT2D eigenvalue weighted by molar-refractivity contribution is 4.96. The van der Waals surface area contributed by atoms with Crippen LogP contribution in [0.3, 0.4) is 0 Å². The van der Waals surface area contributed by atoms with Crippen LogP contribution in [-0.4, -0.2) is 26.3 Å². The number of nitrogens with one attached hydrogen (secondary N) is 1. The van der Waals surface area contributed by atoms with Crippen molar-refractivity contribution in [3.8, 4) is 0 Å². The van der Waals surface area contributed by atoms with Gasteiger partial charge in [0, 0.05) is 13.2 Å². The highest BCUT2D eigenvalue weighted by Crippen LogP contribution is 2.28. The molecule has 0 atom stereocenters. The molecule has 2 nitrogen and oxygen atoms in total. The predicted molar refractivity (Wildman–Crippen MR) is 55.8 cm³/mol. The number of hydrogen-bond acceptors (Lipinski definition) is 2. The molecule has 0 aliphatic heterocycles. The van der Waals surface area contributed by atoms with Gasteiger partial charge in [-0.25, -0.2) is 0 Å². The molecule has 1 rings (SSSR count). The minimum Gasteiger partial charge on any atom is -0.377 e. The Kier molecular flexibility index (Phi) is 5.09. The standard InChI is InChI=1S/C11H21NO/c1-3-6-12-7-10(2)8-13-9-11-4-5-11/h11-12H,2-9H2,1H3. The van der Waals surface area contributed by atoms with Gasteiger partial charge in [-0.2, -0.15) is 0 Å². The van der Waals surface area contributed by atoms with Crippen LogP contribution in [0.4, 0.5) is 0 Å². The molecule has 0 spiro atoms. The molecule has 2 heteroatoms. The van der Waals surface area contributed by atoms with Crippen molar-refractivity contribution in [1.82, 2.24) is 5.32 Å². The summed E-state index contributed by atoms with van der Waals surface area (Å²) in [5.41, 5.74) is 1.16. The molecule has 0 amide bonds. The molecule has 1 aliphatic rings. The van der Waals surface area contributed by atoms with E-state index in [0.717, 1.165) is 37.8 Å². The van der Waals surface area contributed by atoms with Crippen molar-refractivity contribution in [2.24, 2.45) is 5.92 Å². The Morgan fingerprint density at radius 3 is 2.92 bits per heavy atom. The summed E-state index contributed by atoms with van der Waals surface area (Å²) < 4.78 is 5.51. The minimum atomic E-state index is 0.729. The van der Waals surface area contributed by atoms with E-state index in [9.17, 15) is 0 Å². The van der Waals surface area contributed by atoms with Gasteiger partial charge in [0.2, 0.25) is 0 Å². The van der Waals surface area contributed by atoms with Crippen molar-refractivity contribution in [3.63, 3.8) is 0 Å². The molecule has 0 heterocycles. The number of rotatable bonds is 8. The summed E-state index contributed by atoms with van der Waals surface area (Å²) in [5, 5.41) is 3.31. The molecule has 0 bridgehead atoms. The first-order valence-electron chi connectivity index (χ1n) is 5.28. The van der Waals surface area contributed by atoms with Gasteiger partial charge in [0.15, 0.2) is 0 Å². The van der Waals surface area contributed by atoms with Crippen LogP contribution in [0.2, 0.25) is 0 Å². The Bertz CT molecular complexity index is 152. The van der Waals surface area contributed by atoms with Crippen molar-refractivity contribution in [1.29, 1.82) is 0 Å². The van der Waals surface area contributed by atoms with Gasteiger partial charge in [-0.05, 0) is 37.3 Å². The van der Waals surface area contributed by atoms with Gasteiger partial charge in [-0.15, -0.1) is 0 Å². The highest BCUT2D eigenvalue weighted by Gasteiger charge is 2.20. The zero-order valence-electron chi connectivity index (χ0n) is 8.64. The van der Waals surface area contributed by atoms with Gasteiger partial charge in [0.25, 0.3) is 0 Å². The molecule has 1 N–H and O–H groups in total. The fraction of sp³-hybridized carbons (Fsp3) is 0.818. The van der Waals surface area contributed by atoms with E-state index >= 15 is 0 Å². The van der Waals surface area contributed by atoms with E-state index in [1.165, 1.54) is 19.3 Å². The van der Waals surface area contributed by atoms with Gasteiger partial charge in [-0.1, -0.05) is 13.5 Å². The predicted octanol–water partition coefficient (Wildman–Crippen LogP) is 1.97. The Hall–Kier alpha value is -0.340. The smallest absolute Gasteiger partial charge is 0.0686 e. The molecule has 1 aliphatic carbocycles. The van der Waals surface area contributed by atoms with Crippen molar-refractivity contribution >= 4 is 0 Å². The maximum Gasteiger partial charge on any atom is 0.0686 e. The lowest BCUT2D eigenvalue weighted by atomic mass is 10.3. The Balaban J connectivity index is 1.84. The molecule has 0 aromatic heterocycles. The Morgan fingerprint density at radius 1 is 1.54 bits per heavy atom. The summed E-state index contributed by atoms with van der Waals surface area (Å²) >= 11 is 0. The normalized spacial score (nSPS) is 16.1. The molecule has 1 fully saturated rings. The van der Waals surface area contributed by atoms with E-state index in [4.69, 9.17) is 4.74 Å². The molecule has 0 aromatic carbocycles. The quantitative estimate of drug-likeness (QED) is 0.459. The first-order chi connectivity index (χ1) is 6.33. The summed E-state index contributed by atoms with van der Waals surface area (Å²) in [7, 11) is 0. The molecule has 0 radical (unpaired) electrons. The maximum absolute atomic E-state index is 5.51. The fourth-order valence-electron chi connectivity index (χ4n) is 1.15. The third-order valence-corrected chi connectivity index (χ3v) is 2.16. The third-order valence-electron chi connectivity index (χ3n) is 2.16. The summed E-state index contributed by atoms with van der Waals surface area (Å²) in [6, 6.07) is 0. The zero-order valence-corrected chi connectivity index (χ0v) is 8.64. The first kappa shape index (κ1) is 10.7. The molecular weight excluding hydrogens is 162 g/mol. The number of hydrogen-bond donors (Lipinski definition) is 1. The third kappa shape index (κ3) is 5.83. The largest absolute Gasteiger partial charge is 0.377 e. The van der Waals surface area contributed by atoms with Crippen LogP contribution in [0.5, 0.6) is 0 Å². The minimum absolute atomic E-state index is 0.729. The number of ether oxygens (including phenoxy) is 1. The molecule has 0 saturated heterocycles. The van der Waals surface area contributed by atoms with Gasteiger partial charge in [0.05, 0.1) is 6.61 Å². The maximum atomic E-state index is 5.51. The summed E-state index contributed by atoms with van der Waals surface area (Å²) in [6.07, 6.45) is 3.90. The van der Waals surface area contributed by atoms with E-state index in [2.05, 4.69) is 18.8 Å². The lowest BCUT2D eigenvalue weighted by Gasteiger charge is -2.07. The molecule has 0 aromatic rings. The summed E-state index contributed by atoms with van der Waals surface area (Å²) in [4.78, 5) is 0. The zero-order chi connectivity index (χ0) is 9.52. The van der Waals surface area contributed by atoms with E-state index in [0.29, 0.717) is 0 Å². The Labute approximate surface area is 81.4 Å². The van der Waals surface area contributed by atoms with Crippen LogP contribution in [0.1, 0.15) is 26.2 Å². The van der Waals surface area contributed by atoms with Crippen LogP contribution >= 0.6 is 0 Å². The molecular formula is C11H21NO. The van der Waals surface area contributed by atoms with Crippen LogP contribution < -0.4 is 5.32 Å². The molecule has 0 unspecified atom stereocenters. The Morgan fingerprint density at radius 2 is 2.31 bits per heavy atom. The van der Waals surface area contributed by atoms with Gasteiger partial charge in [0.1, 0.15) is 0 Å². The second-order valence-corrected chi connectivity index (χ2v) is 3.89. The van der Waals surface area contributed by atoms with Crippen LogP contribution in [0.15, 0.2) is 12.2 Å². The van der Waals surface area contributed by atoms with Crippen LogP contribution in [0.25, 0.3) is 0 Å². The summed E-state index contributed by atoms with van der Waals surface area (Å²) in [6.45, 7) is 9.76. The van der Waals surface area contributed by atoms with Crippen LogP contribution in [0, 0.1) is 5.92 Å². The van der Waals surface area contributed by atoms with E-state index in [-0.39, 0.29) is 0 Å². The molecule has 76 valence electrons.